The number of hydrogen-bond acceptors (Lipinski definition) is 3. The number of fused-ring (bicyclic) bond motifs is 2. The summed E-state index contributed by atoms with van der Waals surface area (Å²) in [6.07, 6.45) is -4.01. The van der Waals surface area contributed by atoms with Gasteiger partial charge < -0.3 is 5.32 Å². The van der Waals surface area contributed by atoms with E-state index in [2.05, 4.69) is 5.32 Å². The van der Waals surface area contributed by atoms with Crippen LogP contribution in [-0.4, -0.2) is 35.2 Å². The minimum absolute atomic E-state index is 0.183. The van der Waals surface area contributed by atoms with E-state index in [4.69, 9.17) is 0 Å². The number of imide groups is 1. The van der Waals surface area contributed by atoms with E-state index in [-0.39, 0.29) is 30.3 Å². The van der Waals surface area contributed by atoms with Gasteiger partial charge in [-0.2, -0.15) is 13.2 Å². The number of rotatable bonds is 6. The first-order valence-corrected chi connectivity index (χ1v) is 12.1. The fourth-order valence-electron chi connectivity index (χ4n) is 4.66. The molecule has 3 amide bonds. The molecule has 0 spiro atoms. The third-order valence-corrected chi connectivity index (χ3v) is 6.71. The number of nitrogens with one attached hydrogen (secondary N) is 1. The summed E-state index contributed by atoms with van der Waals surface area (Å²) in [6, 6.07) is 22.0. The van der Waals surface area contributed by atoms with Gasteiger partial charge >= 0.3 is 6.18 Å². The van der Waals surface area contributed by atoms with E-state index in [9.17, 15) is 27.6 Å². The molecule has 1 atom stereocenters. The zero-order valence-electron chi connectivity index (χ0n) is 20.4. The predicted octanol–water partition coefficient (Wildman–Crippen LogP) is 6.33. The number of carbonyl (C=O) groups is 3. The second kappa shape index (κ2) is 9.78. The van der Waals surface area contributed by atoms with Gasteiger partial charge in [0.2, 0.25) is 0 Å². The van der Waals surface area contributed by atoms with Gasteiger partial charge in [-0.15, -0.1) is 0 Å². The van der Waals surface area contributed by atoms with Gasteiger partial charge in [0, 0.05) is 18.2 Å². The average molecular weight is 517 g/mol. The number of halogens is 3. The number of amides is 3. The van der Waals surface area contributed by atoms with E-state index in [0.29, 0.717) is 28.7 Å². The highest BCUT2D eigenvalue weighted by Gasteiger charge is 2.35. The molecule has 5 nitrogen and oxygen atoms in total. The molecule has 0 aliphatic carbocycles. The summed E-state index contributed by atoms with van der Waals surface area (Å²) in [6.45, 7) is 1.99. The summed E-state index contributed by atoms with van der Waals surface area (Å²) in [5, 5.41) is 4.49. The Labute approximate surface area is 216 Å². The highest BCUT2D eigenvalue weighted by molar-refractivity contribution is 6.21. The Hall–Kier alpha value is -4.46. The van der Waals surface area contributed by atoms with Gasteiger partial charge in [-0.1, -0.05) is 48.5 Å². The fraction of sp³-hybridized carbons (Fsp3) is 0.167. The lowest BCUT2D eigenvalue weighted by Gasteiger charge is -2.18. The van der Waals surface area contributed by atoms with E-state index in [0.717, 1.165) is 28.5 Å². The summed E-state index contributed by atoms with van der Waals surface area (Å²) in [5.41, 5.74) is 1.90. The van der Waals surface area contributed by atoms with Crippen molar-refractivity contribution in [3.8, 4) is 11.1 Å². The molecule has 1 aliphatic heterocycles. The van der Waals surface area contributed by atoms with Crippen molar-refractivity contribution >= 4 is 28.5 Å². The Morgan fingerprint density at radius 3 is 2.11 bits per heavy atom. The van der Waals surface area contributed by atoms with Crippen LogP contribution >= 0.6 is 0 Å². The van der Waals surface area contributed by atoms with Crippen LogP contribution < -0.4 is 5.32 Å². The van der Waals surface area contributed by atoms with Gasteiger partial charge in [0.1, 0.15) is 0 Å². The first kappa shape index (κ1) is 25.2. The number of carbonyl (C=O) groups excluding carboxylic acids is 3. The maximum atomic E-state index is 12.9. The standard InChI is InChI=1S/C30H23F3N2O3/c1-18(15-16-35-28(37)25-6-2-3-7-26(25)29(35)38)34-27(36)21-11-14-24-20(17-21)5-4-8-23(24)19-9-12-22(13-10-19)30(31,32)33/h2-14,17-18H,15-16H2,1H3,(H,34,36). The Balaban J connectivity index is 1.26. The van der Waals surface area contributed by atoms with Crippen molar-refractivity contribution < 1.29 is 27.6 Å². The highest BCUT2D eigenvalue weighted by atomic mass is 19.4. The fourth-order valence-corrected chi connectivity index (χ4v) is 4.66. The molecule has 4 aromatic carbocycles. The lowest BCUT2D eigenvalue weighted by atomic mass is 9.96. The van der Waals surface area contributed by atoms with Crippen LogP contribution in [-0.2, 0) is 6.18 Å². The first-order chi connectivity index (χ1) is 18.1. The van der Waals surface area contributed by atoms with Gasteiger partial charge in [-0.25, -0.2) is 0 Å². The molecule has 0 aromatic heterocycles. The number of hydrogen-bond donors (Lipinski definition) is 1. The molecule has 1 N–H and O–H groups in total. The zero-order chi connectivity index (χ0) is 27.0. The molecule has 0 saturated carbocycles. The van der Waals surface area contributed by atoms with Crippen molar-refractivity contribution in [2.24, 2.45) is 0 Å². The highest BCUT2D eigenvalue weighted by Crippen LogP contribution is 2.33. The molecule has 1 aliphatic rings. The second-order valence-electron chi connectivity index (χ2n) is 9.29. The normalized spacial score (nSPS) is 14.1. The Kier molecular flexibility index (Phi) is 6.48. The third kappa shape index (κ3) is 4.77. The first-order valence-electron chi connectivity index (χ1n) is 12.1. The molecule has 0 radical (unpaired) electrons. The van der Waals surface area contributed by atoms with Gasteiger partial charge in [-0.05, 0) is 71.6 Å². The van der Waals surface area contributed by atoms with Crippen LogP contribution in [0.1, 0.15) is 50.0 Å². The smallest absolute Gasteiger partial charge is 0.350 e. The SMILES string of the molecule is CC(CCN1C(=O)c2ccccc2C1=O)NC(=O)c1ccc2c(-c3ccc(C(F)(F)F)cc3)cccc2c1. The molecule has 0 fully saturated rings. The van der Waals surface area contributed by atoms with Gasteiger partial charge in [0.05, 0.1) is 16.7 Å². The largest absolute Gasteiger partial charge is 0.416 e. The quantitative estimate of drug-likeness (QED) is 0.305. The second-order valence-corrected chi connectivity index (χ2v) is 9.29. The predicted molar refractivity (Wildman–Crippen MR) is 138 cm³/mol. The Bertz CT molecular complexity index is 1530. The summed E-state index contributed by atoms with van der Waals surface area (Å²) in [5.74, 6) is -0.966. The van der Waals surface area contributed by atoms with Crippen LogP contribution in [0.2, 0.25) is 0 Å². The molecule has 0 bridgehead atoms. The van der Waals surface area contributed by atoms with Crippen LogP contribution in [0.25, 0.3) is 21.9 Å². The minimum atomic E-state index is -4.40. The van der Waals surface area contributed by atoms with Crippen molar-refractivity contribution in [1.29, 1.82) is 0 Å². The Morgan fingerprint density at radius 2 is 1.47 bits per heavy atom. The number of benzene rings is 4. The molecule has 192 valence electrons. The maximum absolute atomic E-state index is 12.9. The molecule has 5 rings (SSSR count). The van der Waals surface area contributed by atoms with Crippen molar-refractivity contribution in [2.45, 2.75) is 25.6 Å². The number of nitrogens with zero attached hydrogens (tertiary/aromatic N) is 1. The van der Waals surface area contributed by atoms with E-state index in [1.54, 1.807) is 55.5 Å². The lowest BCUT2D eigenvalue weighted by Crippen LogP contribution is -2.38. The molecule has 1 unspecified atom stereocenters. The van der Waals surface area contributed by atoms with Gasteiger partial charge in [0.25, 0.3) is 17.7 Å². The molecule has 0 saturated heterocycles. The summed E-state index contributed by atoms with van der Waals surface area (Å²) in [7, 11) is 0. The van der Waals surface area contributed by atoms with E-state index in [1.165, 1.54) is 17.0 Å². The Morgan fingerprint density at radius 1 is 0.842 bits per heavy atom. The van der Waals surface area contributed by atoms with E-state index >= 15 is 0 Å². The van der Waals surface area contributed by atoms with Crippen molar-refractivity contribution in [3.05, 3.63) is 107 Å². The van der Waals surface area contributed by atoms with Crippen molar-refractivity contribution in [1.82, 2.24) is 10.2 Å². The molecule has 8 heteroatoms. The monoisotopic (exact) mass is 516 g/mol. The summed E-state index contributed by atoms with van der Waals surface area (Å²) >= 11 is 0. The third-order valence-electron chi connectivity index (χ3n) is 6.71. The summed E-state index contributed by atoms with van der Waals surface area (Å²) in [4.78, 5) is 39.2. The minimum Gasteiger partial charge on any atom is -0.350 e. The van der Waals surface area contributed by atoms with Crippen LogP contribution in [0.15, 0.2) is 84.9 Å². The molecule has 1 heterocycles. The van der Waals surface area contributed by atoms with Crippen LogP contribution in [0, 0.1) is 0 Å². The topological polar surface area (TPSA) is 66.5 Å². The molecular weight excluding hydrogens is 493 g/mol. The molecular formula is C30H23F3N2O3. The van der Waals surface area contributed by atoms with Crippen molar-refractivity contribution in [2.75, 3.05) is 6.54 Å². The van der Waals surface area contributed by atoms with Crippen molar-refractivity contribution in [3.63, 3.8) is 0 Å². The zero-order valence-corrected chi connectivity index (χ0v) is 20.4. The summed E-state index contributed by atoms with van der Waals surface area (Å²) < 4.78 is 38.8. The lowest BCUT2D eigenvalue weighted by molar-refractivity contribution is -0.137. The van der Waals surface area contributed by atoms with Crippen LogP contribution in [0.4, 0.5) is 13.2 Å². The average Bonchev–Trinajstić information content (AvgIpc) is 3.15. The van der Waals surface area contributed by atoms with Gasteiger partial charge in [0.15, 0.2) is 0 Å². The number of alkyl halides is 3. The van der Waals surface area contributed by atoms with Crippen LogP contribution in [0.3, 0.4) is 0 Å². The van der Waals surface area contributed by atoms with Crippen LogP contribution in [0.5, 0.6) is 0 Å². The molecule has 38 heavy (non-hydrogen) atoms. The molecule has 4 aromatic rings. The maximum Gasteiger partial charge on any atom is 0.416 e. The van der Waals surface area contributed by atoms with E-state index in [1.807, 2.05) is 12.1 Å². The van der Waals surface area contributed by atoms with E-state index < -0.39 is 11.7 Å². The van der Waals surface area contributed by atoms with Gasteiger partial charge in [-0.3, -0.25) is 19.3 Å².